The summed E-state index contributed by atoms with van der Waals surface area (Å²) in [5, 5.41) is 27.3. The lowest BCUT2D eigenvalue weighted by molar-refractivity contribution is 0.262. The van der Waals surface area contributed by atoms with E-state index in [2.05, 4.69) is 10.6 Å². The first-order valence-electron chi connectivity index (χ1n) is 15.9. The first-order chi connectivity index (χ1) is 26.1. The normalized spacial score (nSPS) is 12.4. The highest BCUT2D eigenvalue weighted by Gasteiger charge is 2.28. The Balaban J connectivity index is 1.20. The summed E-state index contributed by atoms with van der Waals surface area (Å²) in [5.74, 6) is -1.47. The number of fused-ring (bicyclic) bond motifs is 2. The second-order valence-electron chi connectivity index (χ2n) is 12.3. The van der Waals surface area contributed by atoms with Gasteiger partial charge in [-0.2, -0.15) is 16.8 Å². The van der Waals surface area contributed by atoms with Crippen LogP contribution < -0.4 is 20.1 Å². The lowest BCUT2D eigenvalue weighted by Crippen LogP contribution is -2.21. The van der Waals surface area contributed by atoms with Crippen molar-refractivity contribution in [2.24, 2.45) is 0 Å². The number of carbonyl (C=O) groups excluding carboxylic acids is 1. The largest absolute Gasteiger partial charge is 0.505 e. The summed E-state index contributed by atoms with van der Waals surface area (Å²) in [4.78, 5) is 10.4. The predicted molar refractivity (Wildman–Crippen MR) is 207 cm³/mol. The number of nitrogens with one attached hydrogen (secondary N) is 4. The smallest absolute Gasteiger partial charge is 0.323 e. The molecule has 0 atom stereocenters. The average molecular weight is 843 g/mol. The standard InChI is InChI=1S/C35H30N4O13S4/c1-19-15-23(53(43,44)38-31-29(55(47,48)49)17-21-7-3-5-9-25(21)33(31)40)11-13-27(19)36-35(42)37-28-14-12-24(16-20(28)2)54(45,46)39-32-30(56(50,51)52)18-22-8-4-6-10-26(22)34(32)41/h3-18,38-41H,1-2H3,(H2,36,37,42)(H,47,48,49)(H,50,51,52). The molecule has 0 aromatic heterocycles. The summed E-state index contributed by atoms with van der Waals surface area (Å²) in [6.45, 7) is 2.93. The quantitative estimate of drug-likeness (QED) is 0.0602. The summed E-state index contributed by atoms with van der Waals surface area (Å²) >= 11 is 0. The second kappa shape index (κ2) is 14.3. The van der Waals surface area contributed by atoms with E-state index in [0.717, 1.165) is 36.4 Å². The predicted octanol–water partition coefficient (Wildman–Crippen LogP) is 5.76. The third kappa shape index (κ3) is 7.89. The van der Waals surface area contributed by atoms with E-state index >= 15 is 0 Å². The van der Waals surface area contributed by atoms with Gasteiger partial charge >= 0.3 is 6.03 Å². The minimum atomic E-state index is -5.01. The van der Waals surface area contributed by atoms with Crippen LogP contribution in [-0.2, 0) is 40.3 Å². The molecule has 292 valence electrons. The Bertz CT molecular complexity index is 2880. The number of anilines is 4. The van der Waals surface area contributed by atoms with Crippen molar-refractivity contribution in [2.75, 3.05) is 20.1 Å². The number of carbonyl (C=O) groups is 1. The zero-order valence-electron chi connectivity index (χ0n) is 28.8. The van der Waals surface area contributed by atoms with E-state index in [4.69, 9.17) is 0 Å². The van der Waals surface area contributed by atoms with Crippen LogP contribution in [0.3, 0.4) is 0 Å². The van der Waals surface area contributed by atoms with Gasteiger partial charge in [0.25, 0.3) is 40.3 Å². The van der Waals surface area contributed by atoms with Crippen molar-refractivity contribution >= 4 is 90.6 Å². The Morgan fingerprint density at radius 2 is 0.875 bits per heavy atom. The fourth-order valence-corrected chi connectivity index (χ4v) is 9.60. The highest BCUT2D eigenvalue weighted by atomic mass is 32.2. The highest BCUT2D eigenvalue weighted by Crippen LogP contribution is 2.41. The first-order valence-corrected chi connectivity index (χ1v) is 21.7. The van der Waals surface area contributed by atoms with Gasteiger partial charge in [-0.1, -0.05) is 48.5 Å². The summed E-state index contributed by atoms with van der Waals surface area (Å²) < 4.78 is 126. The number of aromatic hydroxyl groups is 2. The number of hydrogen-bond acceptors (Lipinski definition) is 11. The summed E-state index contributed by atoms with van der Waals surface area (Å²) in [6, 6.07) is 20.1. The Hall–Kier alpha value is -5.97. The lowest BCUT2D eigenvalue weighted by atomic mass is 10.1. The maximum Gasteiger partial charge on any atom is 0.323 e. The Kier molecular flexibility index (Phi) is 10.1. The zero-order chi connectivity index (χ0) is 41.0. The van der Waals surface area contributed by atoms with Crippen LogP contribution in [0.15, 0.2) is 117 Å². The molecule has 0 fully saturated rings. The van der Waals surface area contributed by atoms with E-state index < -0.39 is 88.8 Å². The fourth-order valence-electron chi connectivity index (χ4n) is 5.76. The molecule has 0 unspecified atom stereocenters. The van der Waals surface area contributed by atoms with Gasteiger partial charge in [0.1, 0.15) is 32.7 Å². The molecule has 0 saturated heterocycles. The zero-order valence-corrected chi connectivity index (χ0v) is 32.1. The molecular formula is C35H30N4O13S4. The van der Waals surface area contributed by atoms with Crippen LogP contribution in [0.25, 0.3) is 21.5 Å². The van der Waals surface area contributed by atoms with Gasteiger partial charge in [-0.3, -0.25) is 18.5 Å². The number of hydrogen-bond donors (Lipinski definition) is 8. The molecule has 0 saturated carbocycles. The molecule has 2 amide bonds. The van der Waals surface area contributed by atoms with Gasteiger partial charge in [0.05, 0.1) is 9.79 Å². The van der Waals surface area contributed by atoms with Gasteiger partial charge in [-0.05, 0) is 84.3 Å². The SMILES string of the molecule is Cc1cc(S(=O)(=O)Nc2c(S(=O)(=O)O)cc3ccccc3c2O)ccc1NC(=O)Nc1ccc(S(=O)(=O)Nc2c(S(=O)(=O)O)cc3ccccc3c2O)cc1C. The topological polar surface area (TPSA) is 283 Å². The van der Waals surface area contributed by atoms with Crippen molar-refractivity contribution in [2.45, 2.75) is 33.4 Å². The van der Waals surface area contributed by atoms with Crippen LogP contribution in [0.1, 0.15) is 11.1 Å². The van der Waals surface area contributed by atoms with Gasteiger partial charge in [-0.25, -0.2) is 21.6 Å². The Labute approximate surface area is 320 Å². The molecular weight excluding hydrogens is 813 g/mol. The monoisotopic (exact) mass is 842 g/mol. The van der Waals surface area contributed by atoms with E-state index in [9.17, 15) is 57.8 Å². The molecule has 0 aliphatic rings. The molecule has 56 heavy (non-hydrogen) atoms. The van der Waals surface area contributed by atoms with Crippen molar-refractivity contribution in [3.05, 3.63) is 108 Å². The molecule has 6 aromatic carbocycles. The maximum atomic E-state index is 13.4. The Morgan fingerprint density at radius 3 is 1.21 bits per heavy atom. The Morgan fingerprint density at radius 1 is 0.518 bits per heavy atom. The minimum Gasteiger partial charge on any atom is -0.505 e. The van der Waals surface area contributed by atoms with E-state index in [1.54, 1.807) is 12.1 Å². The number of rotatable bonds is 10. The first kappa shape index (κ1) is 39.7. The second-order valence-corrected chi connectivity index (χ2v) is 18.5. The van der Waals surface area contributed by atoms with Gasteiger partial charge in [0.15, 0.2) is 0 Å². The number of amides is 2. The third-order valence-corrected chi connectivity index (χ3v) is 13.0. The number of phenolic OH excluding ortho intramolecular Hbond substituents is 2. The van der Waals surface area contributed by atoms with Crippen LogP contribution in [0, 0.1) is 13.8 Å². The number of sulfonamides is 2. The van der Waals surface area contributed by atoms with Crippen molar-refractivity contribution in [1.29, 1.82) is 0 Å². The molecule has 0 aliphatic carbocycles. The van der Waals surface area contributed by atoms with Crippen LogP contribution >= 0.6 is 0 Å². The average Bonchev–Trinajstić information content (AvgIpc) is 3.11. The van der Waals surface area contributed by atoms with Gasteiger partial charge in [0.2, 0.25) is 0 Å². The summed E-state index contributed by atoms with van der Waals surface area (Å²) in [7, 11) is -19.2. The van der Waals surface area contributed by atoms with E-state index in [0.29, 0.717) is 0 Å². The van der Waals surface area contributed by atoms with Crippen LogP contribution in [0.4, 0.5) is 27.5 Å². The highest BCUT2D eigenvalue weighted by molar-refractivity contribution is 7.93. The van der Waals surface area contributed by atoms with Crippen LogP contribution in [0.5, 0.6) is 11.5 Å². The van der Waals surface area contributed by atoms with Gasteiger partial charge in [-0.15, -0.1) is 0 Å². The molecule has 0 aliphatic heterocycles. The lowest BCUT2D eigenvalue weighted by Gasteiger charge is -2.17. The summed E-state index contributed by atoms with van der Waals surface area (Å²) in [5.41, 5.74) is -0.813. The third-order valence-electron chi connectivity index (χ3n) is 8.51. The van der Waals surface area contributed by atoms with Crippen LogP contribution in [-0.4, -0.2) is 59.0 Å². The minimum absolute atomic E-state index is 0.109. The molecule has 0 spiro atoms. The fraction of sp³-hybridized carbons (Fsp3) is 0.0571. The number of phenols is 2. The van der Waals surface area contributed by atoms with Crippen LogP contribution in [0.2, 0.25) is 0 Å². The van der Waals surface area contributed by atoms with E-state index in [-0.39, 0.29) is 44.0 Å². The molecule has 0 bridgehead atoms. The van der Waals surface area contributed by atoms with Crippen molar-refractivity contribution < 1.29 is 57.8 Å². The number of benzene rings is 6. The van der Waals surface area contributed by atoms with E-state index in [1.807, 2.05) is 9.44 Å². The number of aryl methyl sites for hydroxylation is 2. The number of urea groups is 1. The molecule has 6 aromatic rings. The van der Waals surface area contributed by atoms with Crippen molar-refractivity contribution in [3.8, 4) is 11.5 Å². The summed E-state index contributed by atoms with van der Waals surface area (Å²) in [6.07, 6.45) is 0. The van der Waals surface area contributed by atoms with Crippen molar-refractivity contribution in [3.63, 3.8) is 0 Å². The van der Waals surface area contributed by atoms with Gasteiger partial charge in [0, 0.05) is 22.1 Å². The molecule has 8 N–H and O–H groups in total. The maximum absolute atomic E-state index is 13.4. The van der Waals surface area contributed by atoms with E-state index in [1.165, 1.54) is 62.4 Å². The van der Waals surface area contributed by atoms with Gasteiger partial charge < -0.3 is 20.8 Å². The molecule has 0 radical (unpaired) electrons. The van der Waals surface area contributed by atoms with Crippen molar-refractivity contribution in [1.82, 2.24) is 0 Å². The molecule has 17 nitrogen and oxygen atoms in total. The molecule has 21 heteroatoms. The molecule has 6 rings (SSSR count). The molecule has 0 heterocycles.